The van der Waals surface area contributed by atoms with E-state index in [1.54, 1.807) is 6.92 Å². The van der Waals surface area contributed by atoms with Gasteiger partial charge in [-0.25, -0.2) is 24.6 Å². The van der Waals surface area contributed by atoms with Gasteiger partial charge in [0.2, 0.25) is 5.91 Å². The zero-order valence-corrected chi connectivity index (χ0v) is 24.5. The second-order valence-electron chi connectivity index (χ2n) is 10.4. The molecule has 7 N–H and O–H groups in total. The summed E-state index contributed by atoms with van der Waals surface area (Å²) in [4.78, 5) is 38.1. The second kappa shape index (κ2) is 14.0. The Balaban J connectivity index is 1.85. The highest BCUT2D eigenvalue weighted by Crippen LogP contribution is 2.34. The Morgan fingerprint density at radius 2 is 1.87 bits per heavy atom. The van der Waals surface area contributed by atoms with Crippen molar-refractivity contribution in [2.45, 2.75) is 45.0 Å². The van der Waals surface area contributed by atoms with E-state index in [-0.39, 0.29) is 35.3 Å². The van der Waals surface area contributed by atoms with Gasteiger partial charge in [0.15, 0.2) is 11.6 Å². The summed E-state index contributed by atoms with van der Waals surface area (Å²) in [6.45, 7) is -1.57. The number of anilines is 1. The summed E-state index contributed by atoms with van der Waals surface area (Å²) >= 11 is 0. The molecule has 1 aromatic carbocycles. The average molecular weight is 668 g/mol. The summed E-state index contributed by atoms with van der Waals surface area (Å²) in [6.07, 6.45) is -0.696. The predicted octanol–water partition coefficient (Wildman–Crippen LogP) is 3.96. The number of hydrogen-bond acceptors (Lipinski definition) is 9. The van der Waals surface area contributed by atoms with Gasteiger partial charge < -0.3 is 16.8 Å². The van der Waals surface area contributed by atoms with Crippen LogP contribution in [0.1, 0.15) is 43.5 Å². The van der Waals surface area contributed by atoms with Crippen molar-refractivity contribution in [3.63, 3.8) is 0 Å². The summed E-state index contributed by atoms with van der Waals surface area (Å²) in [5, 5.41) is 2.84. The highest BCUT2D eigenvalue weighted by Gasteiger charge is 2.33. The van der Waals surface area contributed by atoms with Gasteiger partial charge in [-0.3, -0.25) is 24.1 Å². The number of rotatable bonds is 5. The Morgan fingerprint density at radius 1 is 1.15 bits per heavy atom. The van der Waals surface area contributed by atoms with Crippen molar-refractivity contribution < 1.29 is 35.5 Å². The van der Waals surface area contributed by atoms with Crippen molar-refractivity contribution in [3.05, 3.63) is 99.9 Å². The van der Waals surface area contributed by atoms with Crippen LogP contribution in [0.15, 0.2) is 76.4 Å². The second-order valence-corrected chi connectivity index (χ2v) is 10.4. The number of nitrogens with one attached hydrogen (secondary N) is 1. The van der Waals surface area contributed by atoms with Crippen LogP contribution in [-0.2, 0) is 4.79 Å². The number of allylic oxidation sites excluding steroid dienone is 2. The fourth-order valence-corrected chi connectivity index (χ4v) is 4.86. The first kappa shape index (κ1) is 34.6. The number of hydrazine groups is 1. The highest BCUT2D eigenvalue weighted by atomic mass is 19.4. The van der Waals surface area contributed by atoms with E-state index in [0.29, 0.717) is 23.9 Å². The van der Waals surface area contributed by atoms with Crippen molar-refractivity contribution >= 4 is 17.3 Å². The number of aromatic nitrogens is 3. The van der Waals surface area contributed by atoms with Crippen LogP contribution in [0.3, 0.4) is 0 Å². The van der Waals surface area contributed by atoms with Crippen LogP contribution in [0, 0.1) is 17.6 Å². The predicted molar refractivity (Wildman–Crippen MR) is 157 cm³/mol. The van der Waals surface area contributed by atoms with Gasteiger partial charge in [0.25, 0.3) is 5.56 Å². The van der Waals surface area contributed by atoms with Crippen molar-refractivity contribution in [2.24, 2.45) is 28.2 Å². The Morgan fingerprint density at radius 3 is 2.51 bits per heavy atom. The number of amides is 1. The number of carbonyl (C=O) groups is 1. The van der Waals surface area contributed by atoms with E-state index in [2.05, 4.69) is 20.3 Å². The van der Waals surface area contributed by atoms with Crippen LogP contribution in [-0.4, -0.2) is 38.9 Å². The molecule has 3 heterocycles. The SMILES string of the molecule is CC1CCCC(n2cnc(-c3c(N(N)/C=C(\N)C(F)(F)F)ccc(F)c3F)cc2=O)c2cc(ccn2)C(=NC(F)F)C(=CN)NC1=O. The number of alkyl halides is 5. The Kier molecular flexibility index (Phi) is 10.3. The maximum absolute atomic E-state index is 15.1. The number of nitrogens with two attached hydrogens (primary N) is 3. The molecule has 0 radical (unpaired) electrons. The molecule has 3 aromatic rings. The molecular formula is C29H28F7N9O2. The number of hydrogen-bond donors (Lipinski definition) is 4. The van der Waals surface area contributed by atoms with Crippen LogP contribution in [0.2, 0.25) is 0 Å². The maximum atomic E-state index is 15.1. The number of halogens is 7. The van der Waals surface area contributed by atoms with Crippen LogP contribution in [0.4, 0.5) is 36.4 Å². The lowest BCUT2D eigenvalue weighted by Crippen LogP contribution is -2.34. The Hall–Kier alpha value is -5.26. The standard InChI is InChI=1S/C29H28F7N9O2/c1-14-3-2-4-20(17-9-15(7-8-40-17)26(43-28(32)33)19(11-37)42-27(14)47)44-13-41-18(10-23(44)46)24-21(6-5-16(30)25(24)31)45(39)12-22(38)29(34,35)36/h5-14,20,28H,2-4,37-39H2,1H3,(H,42,47)/b19-11?,22-12-,43-26?. The molecule has 0 aliphatic carbocycles. The molecule has 1 amide bonds. The smallest absolute Gasteiger partial charge is 0.403 e. The topological polar surface area (TPSA) is 171 Å². The number of fused-ring (bicyclic) bond motifs is 2. The van der Waals surface area contributed by atoms with Gasteiger partial charge in [0.1, 0.15) is 5.70 Å². The van der Waals surface area contributed by atoms with Crippen LogP contribution >= 0.6 is 0 Å². The molecule has 47 heavy (non-hydrogen) atoms. The van der Waals surface area contributed by atoms with E-state index in [0.717, 1.165) is 29.2 Å². The lowest BCUT2D eigenvalue weighted by molar-refractivity contribution is -0.123. The van der Waals surface area contributed by atoms with Gasteiger partial charge in [-0.2, -0.15) is 22.0 Å². The minimum absolute atomic E-state index is 0.0869. The third-order valence-corrected chi connectivity index (χ3v) is 7.25. The van der Waals surface area contributed by atoms with Gasteiger partial charge in [-0.15, -0.1) is 0 Å². The monoisotopic (exact) mass is 667 g/mol. The molecule has 2 atom stereocenters. The summed E-state index contributed by atoms with van der Waals surface area (Å²) in [5.74, 6) is 1.63. The zero-order chi connectivity index (χ0) is 34.6. The maximum Gasteiger partial charge on any atom is 0.432 e. The molecule has 2 aromatic heterocycles. The quantitative estimate of drug-likeness (QED) is 0.137. The van der Waals surface area contributed by atoms with Gasteiger partial charge in [0, 0.05) is 36.1 Å². The molecule has 4 rings (SSSR count). The van der Waals surface area contributed by atoms with Crippen molar-refractivity contribution in [1.29, 1.82) is 0 Å². The molecule has 2 unspecified atom stereocenters. The number of nitrogens with zero attached hydrogens (tertiary/aromatic N) is 5. The third-order valence-electron chi connectivity index (χ3n) is 7.25. The first-order valence-electron chi connectivity index (χ1n) is 13.8. The molecule has 1 aliphatic rings. The third kappa shape index (κ3) is 7.76. The lowest BCUT2D eigenvalue weighted by Gasteiger charge is -2.23. The van der Waals surface area contributed by atoms with E-state index in [1.165, 1.54) is 18.3 Å². The average Bonchev–Trinajstić information content (AvgIpc) is 3.01. The molecule has 18 heteroatoms. The minimum atomic E-state index is -4.98. The van der Waals surface area contributed by atoms with Crippen molar-refractivity contribution in [1.82, 2.24) is 19.9 Å². The lowest BCUT2D eigenvalue weighted by atomic mass is 9.96. The molecular weight excluding hydrogens is 639 g/mol. The van der Waals surface area contributed by atoms with Crippen LogP contribution in [0.25, 0.3) is 11.3 Å². The number of pyridine rings is 1. The molecule has 0 saturated heterocycles. The number of benzene rings is 1. The molecule has 0 fully saturated rings. The molecule has 250 valence electrons. The minimum Gasteiger partial charge on any atom is -0.403 e. The number of aliphatic imine (C=N–C) groups is 1. The fourth-order valence-electron chi connectivity index (χ4n) is 4.86. The van der Waals surface area contributed by atoms with E-state index >= 15 is 4.39 Å². The Bertz CT molecular complexity index is 1810. The normalized spacial score (nSPS) is 19.8. The van der Waals surface area contributed by atoms with Crippen LogP contribution < -0.4 is 33.2 Å². The summed E-state index contributed by atoms with van der Waals surface area (Å²) in [5.41, 5.74) is 6.30. The van der Waals surface area contributed by atoms with E-state index in [4.69, 9.17) is 17.3 Å². The zero-order valence-electron chi connectivity index (χ0n) is 24.5. The van der Waals surface area contributed by atoms with Gasteiger partial charge in [0.05, 0.1) is 46.4 Å². The molecule has 1 aliphatic heterocycles. The van der Waals surface area contributed by atoms with E-state index in [1.807, 2.05) is 0 Å². The summed E-state index contributed by atoms with van der Waals surface area (Å²) < 4.78 is 96.5. The van der Waals surface area contributed by atoms with E-state index < -0.39 is 70.4 Å². The van der Waals surface area contributed by atoms with E-state index in [9.17, 15) is 35.9 Å². The molecule has 11 nitrogen and oxygen atoms in total. The first-order chi connectivity index (χ1) is 22.1. The van der Waals surface area contributed by atoms with Gasteiger partial charge in [-0.05, 0) is 37.1 Å². The van der Waals surface area contributed by atoms with Crippen molar-refractivity contribution in [3.8, 4) is 11.3 Å². The molecule has 0 saturated carbocycles. The van der Waals surface area contributed by atoms with Gasteiger partial charge >= 0.3 is 12.7 Å². The molecule has 0 spiro atoms. The largest absolute Gasteiger partial charge is 0.432 e. The van der Waals surface area contributed by atoms with Gasteiger partial charge in [-0.1, -0.05) is 13.3 Å². The fraction of sp³-hybridized carbons (Fsp3) is 0.276. The Labute approximate surface area is 262 Å². The van der Waals surface area contributed by atoms with Crippen molar-refractivity contribution in [2.75, 3.05) is 5.01 Å². The highest BCUT2D eigenvalue weighted by molar-refractivity contribution is 6.14. The first-order valence-corrected chi connectivity index (χ1v) is 13.8. The molecule has 2 bridgehead atoms. The van der Waals surface area contributed by atoms with Crippen LogP contribution in [0.5, 0.6) is 0 Å². The summed E-state index contributed by atoms with van der Waals surface area (Å²) in [7, 11) is 0. The summed E-state index contributed by atoms with van der Waals surface area (Å²) in [6, 6.07) is 4.14. The number of carbonyl (C=O) groups excluding carboxylic acids is 1.